The summed E-state index contributed by atoms with van der Waals surface area (Å²) >= 11 is 0. The number of rotatable bonds is 4. The van der Waals surface area contributed by atoms with Gasteiger partial charge in [-0.1, -0.05) is 18.2 Å². The number of ether oxygens (including phenoxy) is 1. The molecule has 9 nitrogen and oxygen atoms in total. The summed E-state index contributed by atoms with van der Waals surface area (Å²) in [5.74, 6) is 1.48. The first-order valence-electron chi connectivity index (χ1n) is 10.4. The van der Waals surface area contributed by atoms with Crippen LogP contribution in [0.4, 0.5) is 11.8 Å². The molecule has 1 aliphatic rings. The Morgan fingerprint density at radius 3 is 2.39 bits per heavy atom. The van der Waals surface area contributed by atoms with Crippen LogP contribution in [0.5, 0.6) is 0 Å². The van der Waals surface area contributed by atoms with Gasteiger partial charge < -0.3 is 15.4 Å². The summed E-state index contributed by atoms with van der Waals surface area (Å²) in [6, 6.07) is 12.8. The van der Waals surface area contributed by atoms with Gasteiger partial charge in [0.2, 0.25) is 5.95 Å². The number of sulfone groups is 1. The maximum atomic E-state index is 12.0. The number of nitrogen functional groups attached to an aromatic ring is 1. The molecule has 2 N–H and O–H groups in total. The van der Waals surface area contributed by atoms with Crippen LogP contribution in [-0.4, -0.2) is 60.9 Å². The van der Waals surface area contributed by atoms with E-state index in [1.807, 2.05) is 24.3 Å². The fourth-order valence-electron chi connectivity index (χ4n) is 3.80. The standard InChI is InChI=1S/C23H22N6O3S/c1-33(30,31)18-4-2-3-15(11-18)16-5-6-19-20(12-16)27-21(17-13-25-23(24)26-14-17)28-22(19)29-7-9-32-10-8-29/h2-6,11-14H,7-10H2,1H3,(H2,24,25,26). The van der Waals surface area contributed by atoms with E-state index in [0.717, 1.165) is 40.9 Å². The summed E-state index contributed by atoms with van der Waals surface area (Å²) in [6.45, 7) is 2.70. The molecule has 0 bridgehead atoms. The van der Waals surface area contributed by atoms with Gasteiger partial charge in [-0.2, -0.15) is 0 Å². The lowest BCUT2D eigenvalue weighted by Gasteiger charge is -2.29. The number of nitrogens with zero attached hydrogens (tertiary/aromatic N) is 5. The van der Waals surface area contributed by atoms with E-state index in [2.05, 4.69) is 14.9 Å². The number of hydrogen-bond acceptors (Lipinski definition) is 9. The highest BCUT2D eigenvalue weighted by atomic mass is 32.2. The molecule has 0 amide bonds. The number of aromatic nitrogens is 4. The van der Waals surface area contributed by atoms with Crippen LogP contribution in [0.2, 0.25) is 0 Å². The number of morpholine rings is 1. The molecule has 0 radical (unpaired) electrons. The van der Waals surface area contributed by atoms with Crippen LogP contribution < -0.4 is 10.6 Å². The Morgan fingerprint density at radius 1 is 0.939 bits per heavy atom. The third-order valence-corrected chi connectivity index (χ3v) is 6.62. The van der Waals surface area contributed by atoms with E-state index >= 15 is 0 Å². The van der Waals surface area contributed by atoms with Gasteiger partial charge in [0.05, 0.1) is 29.2 Å². The van der Waals surface area contributed by atoms with Crippen molar-refractivity contribution >= 4 is 32.5 Å². The summed E-state index contributed by atoms with van der Waals surface area (Å²) in [7, 11) is -3.31. The normalized spacial score (nSPS) is 14.5. The Bertz CT molecular complexity index is 1430. The first-order chi connectivity index (χ1) is 15.9. The molecule has 0 unspecified atom stereocenters. The Morgan fingerprint density at radius 2 is 1.67 bits per heavy atom. The number of fused-ring (bicyclic) bond motifs is 1. The quantitative estimate of drug-likeness (QED) is 0.487. The van der Waals surface area contributed by atoms with E-state index in [9.17, 15) is 8.42 Å². The van der Waals surface area contributed by atoms with E-state index in [4.69, 9.17) is 20.4 Å². The fraction of sp³-hybridized carbons (Fsp3) is 0.217. The highest BCUT2D eigenvalue weighted by Gasteiger charge is 2.19. The predicted octanol–water partition coefficient (Wildman–Crippen LogP) is 2.58. The average molecular weight is 463 g/mol. The van der Waals surface area contributed by atoms with Crippen molar-refractivity contribution in [3.05, 3.63) is 54.9 Å². The van der Waals surface area contributed by atoms with Crippen LogP contribution in [-0.2, 0) is 14.6 Å². The number of anilines is 2. The molecule has 0 atom stereocenters. The van der Waals surface area contributed by atoms with E-state index in [1.165, 1.54) is 6.26 Å². The van der Waals surface area contributed by atoms with Crippen molar-refractivity contribution < 1.29 is 13.2 Å². The molecule has 1 fully saturated rings. The second-order valence-electron chi connectivity index (χ2n) is 7.83. The molecule has 0 saturated carbocycles. The highest BCUT2D eigenvalue weighted by molar-refractivity contribution is 7.90. The Balaban J connectivity index is 1.68. The summed E-state index contributed by atoms with van der Waals surface area (Å²) in [4.78, 5) is 20.2. The molecule has 4 aromatic rings. The van der Waals surface area contributed by atoms with Crippen molar-refractivity contribution in [1.29, 1.82) is 0 Å². The molecule has 0 aliphatic carbocycles. The topological polar surface area (TPSA) is 124 Å². The van der Waals surface area contributed by atoms with E-state index in [0.29, 0.717) is 24.6 Å². The minimum Gasteiger partial charge on any atom is -0.378 e. The van der Waals surface area contributed by atoms with Crippen molar-refractivity contribution in [1.82, 2.24) is 19.9 Å². The predicted molar refractivity (Wildman–Crippen MR) is 127 cm³/mol. The van der Waals surface area contributed by atoms with Crippen molar-refractivity contribution in [3.8, 4) is 22.5 Å². The van der Waals surface area contributed by atoms with Gasteiger partial charge in [-0.05, 0) is 35.4 Å². The summed E-state index contributed by atoms with van der Waals surface area (Å²) in [5.41, 5.74) is 8.69. The van der Waals surface area contributed by atoms with Crippen LogP contribution in [0.1, 0.15) is 0 Å². The van der Waals surface area contributed by atoms with Crippen molar-refractivity contribution in [2.75, 3.05) is 43.2 Å². The molecule has 1 aliphatic heterocycles. The van der Waals surface area contributed by atoms with Crippen LogP contribution in [0.15, 0.2) is 59.8 Å². The van der Waals surface area contributed by atoms with Gasteiger partial charge >= 0.3 is 0 Å². The SMILES string of the molecule is CS(=O)(=O)c1cccc(-c2ccc3c(N4CCOCC4)nc(-c4cnc(N)nc4)nc3c2)c1. The Kier molecular flexibility index (Phi) is 5.39. The molecular weight excluding hydrogens is 440 g/mol. The Labute approximate surface area is 191 Å². The smallest absolute Gasteiger partial charge is 0.219 e. The van der Waals surface area contributed by atoms with Crippen LogP contribution >= 0.6 is 0 Å². The lowest BCUT2D eigenvalue weighted by atomic mass is 10.0. The number of benzene rings is 2. The van der Waals surface area contributed by atoms with Crippen molar-refractivity contribution in [2.24, 2.45) is 0 Å². The monoisotopic (exact) mass is 462 g/mol. The van der Waals surface area contributed by atoms with E-state index < -0.39 is 9.84 Å². The lowest BCUT2D eigenvalue weighted by molar-refractivity contribution is 0.122. The first kappa shape index (κ1) is 21.2. The fourth-order valence-corrected chi connectivity index (χ4v) is 4.46. The zero-order valence-electron chi connectivity index (χ0n) is 18.0. The van der Waals surface area contributed by atoms with Gasteiger partial charge in [-0.3, -0.25) is 0 Å². The number of hydrogen-bond donors (Lipinski definition) is 1. The summed E-state index contributed by atoms with van der Waals surface area (Å²) < 4.78 is 29.5. The Hall–Kier alpha value is -3.63. The molecule has 168 valence electrons. The summed E-state index contributed by atoms with van der Waals surface area (Å²) in [5, 5.41) is 0.903. The second-order valence-corrected chi connectivity index (χ2v) is 9.85. The van der Waals surface area contributed by atoms with Gasteiger partial charge in [0.15, 0.2) is 15.7 Å². The van der Waals surface area contributed by atoms with Gasteiger partial charge in [0.25, 0.3) is 0 Å². The van der Waals surface area contributed by atoms with Gasteiger partial charge in [0.1, 0.15) is 5.82 Å². The summed E-state index contributed by atoms with van der Waals surface area (Å²) in [6.07, 6.45) is 4.41. The van der Waals surface area contributed by atoms with Crippen molar-refractivity contribution in [2.45, 2.75) is 4.90 Å². The molecule has 5 rings (SSSR count). The maximum Gasteiger partial charge on any atom is 0.219 e. The van der Waals surface area contributed by atoms with Crippen LogP contribution in [0.25, 0.3) is 33.4 Å². The third kappa shape index (κ3) is 4.35. The van der Waals surface area contributed by atoms with Crippen LogP contribution in [0.3, 0.4) is 0 Å². The maximum absolute atomic E-state index is 12.0. The zero-order chi connectivity index (χ0) is 23.0. The molecule has 3 heterocycles. The lowest BCUT2D eigenvalue weighted by Crippen LogP contribution is -2.37. The van der Waals surface area contributed by atoms with Gasteiger partial charge in [-0.25, -0.2) is 28.4 Å². The molecule has 0 spiro atoms. The van der Waals surface area contributed by atoms with Crippen LogP contribution in [0, 0.1) is 0 Å². The van der Waals surface area contributed by atoms with E-state index in [1.54, 1.807) is 30.6 Å². The molecule has 1 saturated heterocycles. The molecular formula is C23H22N6O3S. The van der Waals surface area contributed by atoms with E-state index in [-0.39, 0.29) is 10.8 Å². The minimum atomic E-state index is -3.31. The second kappa shape index (κ2) is 8.38. The molecule has 2 aromatic heterocycles. The first-order valence-corrected chi connectivity index (χ1v) is 12.3. The van der Waals surface area contributed by atoms with Gasteiger partial charge in [-0.15, -0.1) is 0 Å². The largest absolute Gasteiger partial charge is 0.378 e. The molecule has 10 heteroatoms. The van der Waals surface area contributed by atoms with Gasteiger partial charge in [0, 0.05) is 37.1 Å². The van der Waals surface area contributed by atoms with Crippen molar-refractivity contribution in [3.63, 3.8) is 0 Å². The zero-order valence-corrected chi connectivity index (χ0v) is 18.8. The minimum absolute atomic E-state index is 0.181. The average Bonchev–Trinajstić information content (AvgIpc) is 2.83. The molecule has 2 aromatic carbocycles. The number of nitrogens with two attached hydrogens (primary N) is 1. The third-order valence-electron chi connectivity index (χ3n) is 5.51. The molecule has 33 heavy (non-hydrogen) atoms. The highest BCUT2D eigenvalue weighted by Crippen LogP contribution is 2.32.